The topological polar surface area (TPSA) is 139 Å². The molecule has 1 aliphatic heterocycles. The second-order valence-corrected chi connectivity index (χ2v) is 9.57. The van der Waals surface area contributed by atoms with Gasteiger partial charge >= 0.3 is 0 Å². The van der Waals surface area contributed by atoms with E-state index < -0.39 is 18.1 Å². The molecule has 1 aromatic carbocycles. The summed E-state index contributed by atoms with van der Waals surface area (Å²) in [5.74, 6) is 1.28. The Balaban J connectivity index is 1.44. The number of aliphatic hydroxyl groups excluding tert-OH is 1. The Kier molecular flexibility index (Phi) is 6.98. The zero-order valence-corrected chi connectivity index (χ0v) is 21.1. The molecule has 1 saturated heterocycles. The fourth-order valence-electron chi connectivity index (χ4n) is 4.63. The Morgan fingerprint density at radius 3 is 2.76 bits per heavy atom. The first kappa shape index (κ1) is 25.0. The van der Waals surface area contributed by atoms with Crippen LogP contribution in [-0.4, -0.2) is 89.4 Å². The fourth-order valence-corrected chi connectivity index (χ4v) is 4.63. The zero-order valence-electron chi connectivity index (χ0n) is 21.1. The summed E-state index contributed by atoms with van der Waals surface area (Å²) in [5.41, 5.74) is 3.34. The lowest BCUT2D eigenvalue weighted by atomic mass is 10.1. The number of carbonyl (C=O) groups is 2. The van der Waals surface area contributed by atoms with Gasteiger partial charge in [0.2, 0.25) is 5.91 Å². The van der Waals surface area contributed by atoms with Gasteiger partial charge in [0.1, 0.15) is 35.6 Å². The van der Waals surface area contributed by atoms with Crippen LogP contribution in [0.3, 0.4) is 0 Å². The SMILES string of the molecule is COCC(=O)N1C[C@@H](O)[C@H](NC(=O)c2c(C)[nH]c3c(-c4cc(OC)ccc4OCC4CC4)ncnc23)C1. The van der Waals surface area contributed by atoms with E-state index in [1.807, 2.05) is 18.2 Å². The molecule has 11 nitrogen and oxygen atoms in total. The highest BCUT2D eigenvalue weighted by Gasteiger charge is 2.36. The summed E-state index contributed by atoms with van der Waals surface area (Å²) >= 11 is 0. The van der Waals surface area contributed by atoms with Crippen LogP contribution in [0.5, 0.6) is 11.5 Å². The molecule has 5 rings (SSSR count). The number of likely N-dealkylation sites (tertiary alicyclic amines) is 1. The smallest absolute Gasteiger partial charge is 0.255 e. The number of fused-ring (bicyclic) bond motifs is 1. The van der Waals surface area contributed by atoms with Crippen molar-refractivity contribution in [2.75, 3.05) is 40.5 Å². The molecule has 1 saturated carbocycles. The van der Waals surface area contributed by atoms with Crippen molar-refractivity contribution in [1.29, 1.82) is 0 Å². The van der Waals surface area contributed by atoms with Crippen LogP contribution in [0.4, 0.5) is 0 Å². The van der Waals surface area contributed by atoms with Gasteiger partial charge in [0, 0.05) is 31.5 Å². The van der Waals surface area contributed by atoms with Crippen LogP contribution in [0.1, 0.15) is 28.9 Å². The second-order valence-electron chi connectivity index (χ2n) is 9.57. The predicted octanol–water partition coefficient (Wildman–Crippen LogP) is 1.68. The zero-order chi connectivity index (χ0) is 26.1. The average Bonchev–Trinajstić information content (AvgIpc) is 3.56. The van der Waals surface area contributed by atoms with Gasteiger partial charge in [-0.3, -0.25) is 9.59 Å². The van der Waals surface area contributed by atoms with Gasteiger partial charge in [-0.2, -0.15) is 0 Å². The standard InChI is InChI=1S/C26H31N5O6/c1-14-22(26(34)30-18-9-31(10-19(18)32)21(33)12-35-2)24-25(29-14)23(27-13-28-24)17-8-16(36-3)6-7-20(17)37-11-15-4-5-15/h6-8,13,15,18-19,29,32H,4-5,9-12H2,1-3H3,(H,30,34)/t18-,19-/m1/s1. The number of benzene rings is 1. The predicted molar refractivity (Wildman–Crippen MR) is 135 cm³/mol. The number of aryl methyl sites for hydroxylation is 1. The van der Waals surface area contributed by atoms with E-state index in [2.05, 4.69) is 20.3 Å². The van der Waals surface area contributed by atoms with E-state index in [1.54, 1.807) is 14.0 Å². The van der Waals surface area contributed by atoms with E-state index in [0.29, 0.717) is 52.0 Å². The molecule has 3 N–H and O–H groups in total. The Morgan fingerprint density at radius 1 is 1.22 bits per heavy atom. The molecule has 1 aliphatic carbocycles. The van der Waals surface area contributed by atoms with E-state index in [1.165, 1.54) is 31.2 Å². The minimum Gasteiger partial charge on any atom is -0.497 e. The maximum atomic E-state index is 13.4. The molecule has 196 valence electrons. The molecule has 2 fully saturated rings. The second kappa shape index (κ2) is 10.3. The number of carbonyl (C=O) groups excluding carboxylic acids is 2. The molecule has 3 aromatic rings. The van der Waals surface area contributed by atoms with Crippen molar-refractivity contribution in [3.05, 3.63) is 35.8 Å². The number of hydrogen-bond acceptors (Lipinski definition) is 8. The normalized spacial score (nSPS) is 19.3. The summed E-state index contributed by atoms with van der Waals surface area (Å²) in [5, 5.41) is 13.3. The Bertz CT molecular complexity index is 1320. The molecule has 37 heavy (non-hydrogen) atoms. The van der Waals surface area contributed by atoms with Crippen molar-refractivity contribution in [2.24, 2.45) is 5.92 Å². The summed E-state index contributed by atoms with van der Waals surface area (Å²) in [6.07, 6.45) is 2.88. The molecule has 0 bridgehead atoms. The fraction of sp³-hybridized carbons (Fsp3) is 0.462. The minimum absolute atomic E-state index is 0.0781. The number of H-pyrrole nitrogens is 1. The molecule has 3 heterocycles. The molecule has 2 atom stereocenters. The first-order valence-electron chi connectivity index (χ1n) is 12.3. The Labute approximate surface area is 214 Å². The monoisotopic (exact) mass is 509 g/mol. The maximum Gasteiger partial charge on any atom is 0.255 e. The van der Waals surface area contributed by atoms with Gasteiger partial charge in [-0.05, 0) is 43.9 Å². The number of β-amino-alcohol motifs (C(OH)–C–C–N with tert-alkyl or cyclic N) is 1. The van der Waals surface area contributed by atoms with Crippen molar-refractivity contribution >= 4 is 22.8 Å². The van der Waals surface area contributed by atoms with Crippen LogP contribution in [-0.2, 0) is 9.53 Å². The van der Waals surface area contributed by atoms with Crippen molar-refractivity contribution in [1.82, 2.24) is 25.2 Å². The molecule has 2 aliphatic rings. The summed E-state index contributed by atoms with van der Waals surface area (Å²) in [6, 6.07) is 4.96. The lowest BCUT2D eigenvalue weighted by Gasteiger charge is -2.16. The third-order valence-corrected chi connectivity index (χ3v) is 6.84. The van der Waals surface area contributed by atoms with Gasteiger partial charge < -0.3 is 34.5 Å². The molecule has 0 spiro atoms. The van der Waals surface area contributed by atoms with E-state index in [9.17, 15) is 14.7 Å². The van der Waals surface area contributed by atoms with E-state index in [4.69, 9.17) is 14.2 Å². The molecule has 2 aromatic heterocycles. The number of aliphatic hydroxyl groups is 1. The summed E-state index contributed by atoms with van der Waals surface area (Å²) in [7, 11) is 3.04. The van der Waals surface area contributed by atoms with Crippen molar-refractivity contribution in [3.8, 4) is 22.8 Å². The highest BCUT2D eigenvalue weighted by molar-refractivity contribution is 6.09. The van der Waals surface area contributed by atoms with Gasteiger partial charge in [0.05, 0.1) is 36.9 Å². The highest BCUT2D eigenvalue weighted by Crippen LogP contribution is 2.38. The number of nitrogens with zero attached hydrogens (tertiary/aromatic N) is 3. The first-order valence-corrected chi connectivity index (χ1v) is 12.3. The molecular weight excluding hydrogens is 478 g/mol. The lowest BCUT2D eigenvalue weighted by molar-refractivity contribution is -0.134. The first-order chi connectivity index (χ1) is 17.9. The van der Waals surface area contributed by atoms with Gasteiger partial charge in [-0.15, -0.1) is 0 Å². The number of aromatic amines is 1. The molecule has 11 heteroatoms. The van der Waals surface area contributed by atoms with Crippen molar-refractivity contribution in [2.45, 2.75) is 31.9 Å². The molecular formula is C26H31N5O6. The Morgan fingerprint density at radius 2 is 2.03 bits per heavy atom. The van der Waals surface area contributed by atoms with Crippen LogP contribution in [0.25, 0.3) is 22.3 Å². The van der Waals surface area contributed by atoms with E-state index in [-0.39, 0.29) is 25.6 Å². The summed E-state index contributed by atoms with van der Waals surface area (Å²) < 4.78 is 16.5. The molecule has 0 radical (unpaired) electrons. The number of amides is 2. The van der Waals surface area contributed by atoms with Crippen LogP contribution in [0.2, 0.25) is 0 Å². The van der Waals surface area contributed by atoms with Crippen LogP contribution < -0.4 is 14.8 Å². The van der Waals surface area contributed by atoms with Gasteiger partial charge in [0.25, 0.3) is 5.91 Å². The van der Waals surface area contributed by atoms with E-state index >= 15 is 0 Å². The third-order valence-electron chi connectivity index (χ3n) is 6.84. The summed E-state index contributed by atoms with van der Waals surface area (Å²) in [6.45, 7) is 2.67. The van der Waals surface area contributed by atoms with Gasteiger partial charge in [0.15, 0.2) is 0 Å². The van der Waals surface area contributed by atoms with Crippen molar-refractivity contribution in [3.63, 3.8) is 0 Å². The van der Waals surface area contributed by atoms with Crippen molar-refractivity contribution < 1.29 is 28.9 Å². The lowest BCUT2D eigenvalue weighted by Crippen LogP contribution is -2.43. The minimum atomic E-state index is -0.886. The largest absolute Gasteiger partial charge is 0.497 e. The molecule has 0 unspecified atom stereocenters. The number of ether oxygens (including phenoxy) is 3. The maximum absolute atomic E-state index is 13.4. The summed E-state index contributed by atoms with van der Waals surface area (Å²) in [4.78, 5) is 39.2. The van der Waals surface area contributed by atoms with Crippen LogP contribution >= 0.6 is 0 Å². The van der Waals surface area contributed by atoms with E-state index in [0.717, 1.165) is 5.56 Å². The quantitative estimate of drug-likeness (QED) is 0.396. The van der Waals surface area contributed by atoms with Gasteiger partial charge in [-0.1, -0.05) is 0 Å². The number of rotatable bonds is 9. The third kappa shape index (κ3) is 5.09. The van der Waals surface area contributed by atoms with Gasteiger partial charge in [-0.25, -0.2) is 9.97 Å². The van der Waals surface area contributed by atoms with Crippen LogP contribution in [0, 0.1) is 12.8 Å². The number of aromatic nitrogens is 3. The van der Waals surface area contributed by atoms with Crippen LogP contribution in [0.15, 0.2) is 24.5 Å². The number of nitrogens with one attached hydrogen (secondary N) is 2. The molecule has 2 amide bonds. The Hall–Kier alpha value is -3.70. The highest BCUT2D eigenvalue weighted by atomic mass is 16.5. The number of methoxy groups -OCH3 is 2. The average molecular weight is 510 g/mol. The number of hydrogen-bond donors (Lipinski definition) is 3.